The van der Waals surface area contributed by atoms with Crippen molar-refractivity contribution in [2.75, 3.05) is 51.7 Å². The van der Waals surface area contributed by atoms with Gasteiger partial charge < -0.3 is 15.0 Å². The highest BCUT2D eigenvalue weighted by Gasteiger charge is 2.35. The van der Waals surface area contributed by atoms with E-state index in [0.717, 1.165) is 25.0 Å². The van der Waals surface area contributed by atoms with Gasteiger partial charge in [-0.15, -0.1) is 0 Å². The van der Waals surface area contributed by atoms with E-state index in [1.807, 2.05) is 0 Å². The van der Waals surface area contributed by atoms with Gasteiger partial charge in [0.15, 0.2) is 0 Å². The minimum atomic E-state index is 0.452. The molecule has 0 spiro atoms. The molecule has 0 aromatic rings. The maximum Gasteiger partial charge on any atom is 0.0472 e. The zero-order chi connectivity index (χ0) is 14.3. The van der Waals surface area contributed by atoms with Crippen LogP contribution in [-0.4, -0.2) is 61.8 Å². The molecule has 0 amide bonds. The molecule has 2 aliphatic rings. The van der Waals surface area contributed by atoms with Crippen LogP contribution in [-0.2, 0) is 4.74 Å². The summed E-state index contributed by atoms with van der Waals surface area (Å²) in [6, 6.07) is 0. The van der Waals surface area contributed by atoms with Gasteiger partial charge in [0.2, 0.25) is 0 Å². The highest BCUT2D eigenvalue weighted by atomic mass is 32.2. The van der Waals surface area contributed by atoms with Crippen LogP contribution >= 0.6 is 11.8 Å². The molecule has 0 saturated carbocycles. The second-order valence-corrected chi connectivity index (χ2v) is 7.83. The molecule has 3 nitrogen and oxygen atoms in total. The fourth-order valence-electron chi connectivity index (χ4n) is 3.37. The zero-order valence-corrected chi connectivity index (χ0v) is 14.1. The molecule has 0 bridgehead atoms. The van der Waals surface area contributed by atoms with Crippen LogP contribution < -0.4 is 5.32 Å². The molecule has 118 valence electrons. The van der Waals surface area contributed by atoms with E-state index < -0.39 is 0 Å². The minimum Gasteiger partial charge on any atom is -0.381 e. The number of rotatable bonds is 7. The van der Waals surface area contributed by atoms with Gasteiger partial charge in [-0.25, -0.2) is 0 Å². The van der Waals surface area contributed by atoms with Gasteiger partial charge in [0.1, 0.15) is 0 Å². The number of ether oxygens (including phenoxy) is 1. The summed E-state index contributed by atoms with van der Waals surface area (Å²) >= 11 is 2.17. The van der Waals surface area contributed by atoms with E-state index in [1.165, 1.54) is 57.6 Å². The Balaban J connectivity index is 1.88. The van der Waals surface area contributed by atoms with E-state index in [0.29, 0.717) is 5.41 Å². The van der Waals surface area contributed by atoms with E-state index in [4.69, 9.17) is 4.74 Å². The van der Waals surface area contributed by atoms with Crippen LogP contribution in [0.1, 0.15) is 39.5 Å². The average molecular weight is 301 g/mol. The summed E-state index contributed by atoms with van der Waals surface area (Å²) in [4.78, 5) is 2.73. The van der Waals surface area contributed by atoms with Gasteiger partial charge in [-0.1, -0.05) is 13.8 Å². The molecule has 0 radical (unpaired) electrons. The third-order valence-corrected chi connectivity index (χ3v) is 6.09. The van der Waals surface area contributed by atoms with E-state index in [-0.39, 0.29) is 0 Å². The van der Waals surface area contributed by atoms with Gasteiger partial charge in [-0.2, -0.15) is 11.8 Å². The van der Waals surface area contributed by atoms with Crippen LogP contribution in [0.4, 0.5) is 0 Å². The van der Waals surface area contributed by atoms with Crippen molar-refractivity contribution in [2.45, 2.75) is 44.8 Å². The topological polar surface area (TPSA) is 24.5 Å². The van der Waals surface area contributed by atoms with Crippen molar-refractivity contribution in [2.24, 2.45) is 5.41 Å². The molecule has 1 atom stereocenters. The summed E-state index contributed by atoms with van der Waals surface area (Å²) in [6.45, 7) is 12.6. The second-order valence-electron chi connectivity index (χ2n) is 6.43. The quantitative estimate of drug-likeness (QED) is 0.731. The predicted molar refractivity (Wildman–Crippen MR) is 88.6 cm³/mol. The lowest BCUT2D eigenvalue weighted by atomic mass is 9.79. The van der Waals surface area contributed by atoms with Gasteiger partial charge in [0, 0.05) is 50.4 Å². The molecule has 2 aliphatic heterocycles. The minimum absolute atomic E-state index is 0.452. The van der Waals surface area contributed by atoms with Crippen LogP contribution in [0, 0.1) is 5.41 Å². The first-order chi connectivity index (χ1) is 9.78. The molecule has 2 rings (SSSR count). The van der Waals surface area contributed by atoms with Crippen molar-refractivity contribution in [1.82, 2.24) is 10.2 Å². The zero-order valence-electron chi connectivity index (χ0n) is 13.3. The average Bonchev–Trinajstić information content (AvgIpc) is 2.48. The Kier molecular flexibility index (Phi) is 7.15. The summed E-state index contributed by atoms with van der Waals surface area (Å²) in [6.07, 6.45) is 4.99. The number of nitrogens with one attached hydrogen (secondary N) is 1. The number of thioether (sulfide) groups is 1. The number of nitrogens with zero attached hydrogens (tertiary/aromatic N) is 1. The van der Waals surface area contributed by atoms with Crippen molar-refractivity contribution in [3.05, 3.63) is 0 Å². The monoisotopic (exact) mass is 300 g/mol. The lowest BCUT2D eigenvalue weighted by Crippen LogP contribution is -2.50. The summed E-state index contributed by atoms with van der Waals surface area (Å²) in [5.41, 5.74) is 0.452. The summed E-state index contributed by atoms with van der Waals surface area (Å²) in [7, 11) is 0. The molecular weight excluding hydrogens is 268 g/mol. The van der Waals surface area contributed by atoms with Gasteiger partial charge in [-0.3, -0.25) is 0 Å². The van der Waals surface area contributed by atoms with Crippen molar-refractivity contribution in [3.8, 4) is 0 Å². The van der Waals surface area contributed by atoms with Crippen LogP contribution in [0.5, 0.6) is 0 Å². The second kappa shape index (κ2) is 8.62. The largest absolute Gasteiger partial charge is 0.381 e. The Morgan fingerprint density at radius 2 is 2.10 bits per heavy atom. The summed E-state index contributed by atoms with van der Waals surface area (Å²) in [5.74, 6) is 1.31. The molecule has 1 N–H and O–H groups in total. The first-order valence-corrected chi connectivity index (χ1v) is 9.45. The van der Waals surface area contributed by atoms with Gasteiger partial charge in [0.25, 0.3) is 0 Å². The Hall–Kier alpha value is 0.230. The Labute approximate surface area is 129 Å². The summed E-state index contributed by atoms with van der Waals surface area (Å²) in [5, 5.41) is 4.52. The van der Waals surface area contributed by atoms with Crippen molar-refractivity contribution >= 4 is 11.8 Å². The predicted octanol–water partition coefficient (Wildman–Crippen LogP) is 2.61. The summed E-state index contributed by atoms with van der Waals surface area (Å²) < 4.78 is 5.61. The molecule has 1 unspecified atom stereocenters. The molecule has 20 heavy (non-hydrogen) atoms. The molecule has 0 aliphatic carbocycles. The van der Waals surface area contributed by atoms with Crippen LogP contribution in [0.2, 0.25) is 0 Å². The van der Waals surface area contributed by atoms with E-state index in [1.54, 1.807) is 0 Å². The van der Waals surface area contributed by atoms with Gasteiger partial charge in [-0.05, 0) is 37.6 Å². The van der Waals surface area contributed by atoms with Crippen LogP contribution in [0.25, 0.3) is 0 Å². The highest BCUT2D eigenvalue weighted by Crippen LogP contribution is 2.33. The molecule has 0 aromatic carbocycles. The maximum atomic E-state index is 5.61. The molecule has 2 fully saturated rings. The maximum absolute atomic E-state index is 5.61. The van der Waals surface area contributed by atoms with Gasteiger partial charge >= 0.3 is 0 Å². The molecule has 0 aromatic heterocycles. The van der Waals surface area contributed by atoms with Crippen LogP contribution in [0.3, 0.4) is 0 Å². The van der Waals surface area contributed by atoms with Crippen LogP contribution in [0.15, 0.2) is 0 Å². The van der Waals surface area contributed by atoms with Crippen molar-refractivity contribution < 1.29 is 4.74 Å². The smallest absolute Gasteiger partial charge is 0.0472 e. The SMILES string of the molecule is CCCNCC1(CN2CCSC(CC)C2)CCOCC1. The number of hydrogen-bond acceptors (Lipinski definition) is 4. The van der Waals surface area contributed by atoms with Crippen molar-refractivity contribution in [3.63, 3.8) is 0 Å². The molecule has 2 heterocycles. The normalized spacial score (nSPS) is 27.6. The van der Waals surface area contributed by atoms with Crippen molar-refractivity contribution in [1.29, 1.82) is 0 Å². The number of hydrogen-bond donors (Lipinski definition) is 1. The lowest BCUT2D eigenvalue weighted by molar-refractivity contribution is -0.00383. The highest BCUT2D eigenvalue weighted by molar-refractivity contribution is 8.00. The molecule has 4 heteroatoms. The first-order valence-electron chi connectivity index (χ1n) is 8.40. The first kappa shape index (κ1) is 16.6. The Bertz CT molecular complexity index is 269. The van der Waals surface area contributed by atoms with Gasteiger partial charge in [0.05, 0.1) is 0 Å². The molecular formula is C16H32N2OS. The van der Waals surface area contributed by atoms with E-state index in [9.17, 15) is 0 Å². The fraction of sp³-hybridized carbons (Fsp3) is 1.00. The molecule has 2 saturated heterocycles. The Morgan fingerprint density at radius 1 is 1.30 bits per heavy atom. The standard InChI is InChI=1S/C16H32N2OS/c1-3-7-17-13-16(5-9-19-10-6-16)14-18-8-11-20-15(4-2)12-18/h15,17H,3-14H2,1-2H3. The van der Waals surface area contributed by atoms with E-state index >= 15 is 0 Å². The lowest BCUT2D eigenvalue weighted by Gasteiger charge is -2.43. The third-order valence-electron chi connectivity index (χ3n) is 4.72. The third kappa shape index (κ3) is 4.90. The van der Waals surface area contributed by atoms with E-state index in [2.05, 4.69) is 35.8 Å². The fourth-order valence-corrected chi connectivity index (χ4v) is 4.62. The Morgan fingerprint density at radius 3 is 2.80 bits per heavy atom.